The molecule has 0 saturated heterocycles. The van der Waals surface area contributed by atoms with Crippen LogP contribution in [-0.4, -0.2) is 44.7 Å². The van der Waals surface area contributed by atoms with Gasteiger partial charge in [-0.3, -0.25) is 4.89 Å². The minimum atomic E-state index is -0.271. The summed E-state index contributed by atoms with van der Waals surface area (Å²) in [6.45, 7) is 3.40. The first-order valence-electron chi connectivity index (χ1n) is 5.08. The lowest BCUT2D eigenvalue weighted by atomic mass is 10.3. The van der Waals surface area contributed by atoms with Gasteiger partial charge in [0.2, 0.25) is 0 Å². The van der Waals surface area contributed by atoms with Gasteiger partial charge in [-0.1, -0.05) is 6.92 Å². The van der Waals surface area contributed by atoms with E-state index >= 15 is 0 Å². The first kappa shape index (κ1) is 13.4. The van der Waals surface area contributed by atoms with Crippen molar-refractivity contribution in [2.45, 2.75) is 26.2 Å². The number of hydrogen-bond acceptors (Lipinski definition) is 3. The maximum atomic E-state index is 11.0. The normalized spacial score (nSPS) is 11.4. The summed E-state index contributed by atoms with van der Waals surface area (Å²) in [7, 11) is 6.29. The van der Waals surface area contributed by atoms with Crippen LogP contribution in [-0.2, 0) is 14.6 Å². The van der Waals surface area contributed by atoms with Crippen LogP contribution in [0.2, 0.25) is 0 Å². The van der Waals surface area contributed by atoms with Crippen molar-refractivity contribution in [3.8, 4) is 0 Å². The van der Waals surface area contributed by atoms with Crippen LogP contribution in [0, 0.1) is 0 Å². The van der Waals surface area contributed by atoms with Crippen molar-refractivity contribution < 1.29 is 19.1 Å². The molecule has 0 bridgehead atoms. The monoisotopic (exact) mass is 204 g/mol. The van der Waals surface area contributed by atoms with Crippen LogP contribution in [0.1, 0.15) is 26.2 Å². The first-order chi connectivity index (χ1) is 6.45. The van der Waals surface area contributed by atoms with Crippen LogP contribution >= 0.6 is 0 Å². The van der Waals surface area contributed by atoms with Gasteiger partial charge in [-0.2, -0.15) is 4.89 Å². The van der Waals surface area contributed by atoms with Gasteiger partial charge in [0.05, 0.1) is 40.7 Å². The van der Waals surface area contributed by atoms with Crippen LogP contribution in [0.5, 0.6) is 0 Å². The quantitative estimate of drug-likeness (QED) is 0.272. The Hall–Kier alpha value is -0.610. The fraction of sp³-hybridized carbons (Fsp3) is 0.900. The summed E-state index contributed by atoms with van der Waals surface area (Å²) in [4.78, 5) is 20.3. The Labute approximate surface area is 86.3 Å². The molecule has 0 aromatic rings. The molecule has 0 fully saturated rings. The number of carbonyl (C=O) groups excluding carboxylic acids is 1. The van der Waals surface area contributed by atoms with Crippen molar-refractivity contribution in [2.75, 3.05) is 34.3 Å². The standard InChI is InChI=1S/C10H22NO3/c1-5-9-13-14-10(12)7-6-8-11(2,3)4/h5-9H2,1-4H3/q+1. The summed E-state index contributed by atoms with van der Waals surface area (Å²) < 4.78 is 0.864. The molecular formula is C10H22NO3+. The topological polar surface area (TPSA) is 35.5 Å². The molecule has 0 N–H and O–H groups in total. The lowest BCUT2D eigenvalue weighted by Gasteiger charge is -2.23. The van der Waals surface area contributed by atoms with Gasteiger partial charge in [-0.25, -0.2) is 4.79 Å². The molecule has 0 aromatic carbocycles. The average molecular weight is 204 g/mol. The molecule has 0 radical (unpaired) electrons. The molecule has 0 aliphatic heterocycles. The third-order valence-corrected chi connectivity index (χ3v) is 1.65. The maximum Gasteiger partial charge on any atom is 0.342 e. The first-order valence-corrected chi connectivity index (χ1v) is 5.08. The fourth-order valence-electron chi connectivity index (χ4n) is 0.930. The molecule has 0 heterocycles. The second kappa shape index (κ2) is 6.79. The van der Waals surface area contributed by atoms with E-state index in [-0.39, 0.29) is 5.97 Å². The van der Waals surface area contributed by atoms with Crippen molar-refractivity contribution >= 4 is 5.97 Å². The predicted octanol–water partition coefficient (Wildman–Crippen LogP) is 1.36. The predicted molar refractivity (Wildman–Crippen MR) is 54.5 cm³/mol. The zero-order chi connectivity index (χ0) is 11.0. The van der Waals surface area contributed by atoms with E-state index in [2.05, 4.69) is 30.9 Å². The molecule has 0 aliphatic carbocycles. The molecule has 0 amide bonds. The maximum absolute atomic E-state index is 11.0. The minimum absolute atomic E-state index is 0.271. The minimum Gasteiger partial charge on any atom is -0.331 e. The lowest BCUT2D eigenvalue weighted by molar-refractivity contribution is -0.870. The molecule has 0 unspecified atom stereocenters. The highest BCUT2D eigenvalue weighted by Crippen LogP contribution is 1.99. The van der Waals surface area contributed by atoms with Crippen LogP contribution < -0.4 is 0 Å². The molecule has 0 aromatic heterocycles. The Morgan fingerprint density at radius 2 is 1.93 bits per heavy atom. The molecule has 4 heteroatoms. The van der Waals surface area contributed by atoms with Gasteiger partial charge in [0.1, 0.15) is 0 Å². The number of rotatable bonds is 7. The van der Waals surface area contributed by atoms with Crippen molar-refractivity contribution in [1.82, 2.24) is 0 Å². The van der Waals surface area contributed by atoms with Crippen molar-refractivity contribution in [2.24, 2.45) is 0 Å². The zero-order valence-corrected chi connectivity index (χ0v) is 9.71. The van der Waals surface area contributed by atoms with Gasteiger partial charge in [0.15, 0.2) is 0 Å². The molecule has 0 atom stereocenters. The van der Waals surface area contributed by atoms with E-state index in [4.69, 9.17) is 0 Å². The Morgan fingerprint density at radius 1 is 1.29 bits per heavy atom. The number of carbonyl (C=O) groups is 1. The van der Waals surface area contributed by atoms with Gasteiger partial charge < -0.3 is 4.48 Å². The van der Waals surface area contributed by atoms with Gasteiger partial charge in [-0.05, 0) is 6.42 Å². The molecular weight excluding hydrogens is 182 g/mol. The molecule has 14 heavy (non-hydrogen) atoms. The van der Waals surface area contributed by atoms with Crippen molar-refractivity contribution in [1.29, 1.82) is 0 Å². The molecule has 0 saturated carbocycles. The van der Waals surface area contributed by atoms with Gasteiger partial charge in [-0.15, -0.1) is 0 Å². The van der Waals surface area contributed by atoms with E-state index in [0.717, 1.165) is 23.9 Å². The van der Waals surface area contributed by atoms with Gasteiger partial charge >= 0.3 is 5.97 Å². The van der Waals surface area contributed by atoms with E-state index in [9.17, 15) is 4.79 Å². The summed E-state index contributed by atoms with van der Waals surface area (Å²) in [6, 6.07) is 0. The second-order valence-electron chi connectivity index (χ2n) is 4.39. The lowest BCUT2D eigenvalue weighted by Crippen LogP contribution is -2.35. The Morgan fingerprint density at radius 3 is 2.43 bits per heavy atom. The highest BCUT2D eigenvalue weighted by Gasteiger charge is 2.09. The fourth-order valence-corrected chi connectivity index (χ4v) is 0.930. The summed E-state index contributed by atoms with van der Waals surface area (Å²) in [6.07, 6.45) is 2.11. The van der Waals surface area contributed by atoms with E-state index < -0.39 is 0 Å². The van der Waals surface area contributed by atoms with E-state index in [0.29, 0.717) is 13.0 Å². The highest BCUT2D eigenvalue weighted by atomic mass is 17.2. The summed E-state index contributed by atoms with van der Waals surface area (Å²) in [5.41, 5.74) is 0. The van der Waals surface area contributed by atoms with E-state index in [1.165, 1.54) is 0 Å². The Kier molecular flexibility index (Phi) is 6.49. The van der Waals surface area contributed by atoms with E-state index in [1.807, 2.05) is 6.92 Å². The molecule has 0 aliphatic rings. The smallest absolute Gasteiger partial charge is 0.331 e. The van der Waals surface area contributed by atoms with Crippen molar-refractivity contribution in [3.05, 3.63) is 0 Å². The van der Waals surface area contributed by atoms with E-state index in [1.54, 1.807) is 0 Å². The largest absolute Gasteiger partial charge is 0.342 e. The third kappa shape index (κ3) is 9.48. The van der Waals surface area contributed by atoms with Crippen molar-refractivity contribution in [3.63, 3.8) is 0 Å². The van der Waals surface area contributed by atoms with Gasteiger partial charge in [0, 0.05) is 6.42 Å². The second-order valence-corrected chi connectivity index (χ2v) is 4.39. The van der Waals surface area contributed by atoms with Crippen LogP contribution in [0.3, 0.4) is 0 Å². The third-order valence-electron chi connectivity index (χ3n) is 1.65. The Bertz CT molecular complexity index is 163. The summed E-state index contributed by atoms with van der Waals surface area (Å²) in [5.74, 6) is -0.271. The highest BCUT2D eigenvalue weighted by molar-refractivity contribution is 5.68. The molecule has 4 nitrogen and oxygen atoms in total. The van der Waals surface area contributed by atoms with Crippen LogP contribution in [0.25, 0.3) is 0 Å². The number of quaternary nitrogens is 1. The van der Waals surface area contributed by atoms with Crippen LogP contribution in [0.15, 0.2) is 0 Å². The zero-order valence-electron chi connectivity index (χ0n) is 9.71. The number of hydrogen-bond donors (Lipinski definition) is 0. The van der Waals surface area contributed by atoms with Crippen LogP contribution in [0.4, 0.5) is 0 Å². The average Bonchev–Trinajstić information content (AvgIpc) is 2.02. The summed E-state index contributed by atoms with van der Waals surface area (Å²) >= 11 is 0. The molecule has 84 valence electrons. The molecule has 0 rings (SSSR count). The number of nitrogens with zero attached hydrogens (tertiary/aromatic N) is 1. The Balaban J connectivity index is 3.36. The van der Waals surface area contributed by atoms with Gasteiger partial charge in [0.25, 0.3) is 0 Å². The molecule has 0 spiro atoms. The SMILES string of the molecule is CCCOOC(=O)CCC[N+](C)(C)C. The summed E-state index contributed by atoms with van der Waals surface area (Å²) in [5, 5.41) is 0.